The molecule has 0 saturated heterocycles. The first-order valence-corrected chi connectivity index (χ1v) is 15.6. The van der Waals surface area contributed by atoms with E-state index in [0.717, 1.165) is 18.2 Å². The fourth-order valence-electron chi connectivity index (χ4n) is 5.71. The Morgan fingerprint density at radius 2 is 1.83 bits per heavy atom. The lowest BCUT2D eigenvalue weighted by molar-refractivity contribution is -0.286. The van der Waals surface area contributed by atoms with Gasteiger partial charge < -0.3 is 29.7 Å². The lowest BCUT2D eigenvalue weighted by Crippen LogP contribution is -2.42. The van der Waals surface area contributed by atoms with Crippen molar-refractivity contribution in [1.29, 1.82) is 0 Å². The van der Waals surface area contributed by atoms with Gasteiger partial charge in [0.25, 0.3) is 5.91 Å². The van der Waals surface area contributed by atoms with Crippen LogP contribution < -0.4 is 19.5 Å². The summed E-state index contributed by atoms with van der Waals surface area (Å²) < 4.78 is 44.4. The number of nitrogens with one attached hydrogen (secondary N) is 1. The molecule has 248 valence electrons. The second kappa shape index (κ2) is 11.4. The summed E-state index contributed by atoms with van der Waals surface area (Å²) in [5, 5.41) is 31.6. The van der Waals surface area contributed by atoms with E-state index < -0.39 is 23.4 Å². The van der Waals surface area contributed by atoms with Gasteiger partial charge in [-0.25, -0.2) is 4.98 Å². The monoisotopic (exact) mass is 676 g/mol. The van der Waals surface area contributed by atoms with Crippen LogP contribution in [0.5, 0.6) is 17.2 Å². The van der Waals surface area contributed by atoms with Gasteiger partial charge in [-0.2, -0.15) is 5.10 Å². The van der Waals surface area contributed by atoms with Crippen LogP contribution in [-0.2, 0) is 11.2 Å². The van der Waals surface area contributed by atoms with E-state index >= 15 is 0 Å². The van der Waals surface area contributed by atoms with Gasteiger partial charge in [-0.3, -0.25) is 9.48 Å². The smallest absolute Gasteiger partial charge is 0.494 e. The van der Waals surface area contributed by atoms with Crippen LogP contribution >= 0.6 is 11.6 Å². The van der Waals surface area contributed by atoms with Crippen molar-refractivity contribution < 1.29 is 38.0 Å². The van der Waals surface area contributed by atoms with Gasteiger partial charge in [-0.15, -0.1) is 8.78 Å². The van der Waals surface area contributed by atoms with Gasteiger partial charge in [-0.1, -0.05) is 41.9 Å². The molecule has 0 bridgehead atoms. The minimum absolute atomic E-state index is 0.0569. The summed E-state index contributed by atoms with van der Waals surface area (Å²) in [7, 11) is 1.51. The Morgan fingerprint density at radius 1 is 1.08 bits per heavy atom. The maximum Gasteiger partial charge on any atom is 0.586 e. The molecule has 13 heteroatoms. The summed E-state index contributed by atoms with van der Waals surface area (Å²) in [4.78, 5) is 18.4. The van der Waals surface area contributed by atoms with Crippen molar-refractivity contribution in [2.24, 2.45) is 0 Å². The molecule has 48 heavy (non-hydrogen) atoms. The van der Waals surface area contributed by atoms with Crippen molar-refractivity contribution in [2.75, 3.05) is 13.7 Å². The molecule has 7 rings (SSSR count). The summed E-state index contributed by atoms with van der Waals surface area (Å²) in [6.07, 6.45) is 0.0879. The largest absolute Gasteiger partial charge is 0.586 e. The predicted octanol–water partition coefficient (Wildman–Crippen LogP) is 6.31. The Bertz CT molecular complexity index is 2060. The second-order valence-corrected chi connectivity index (χ2v) is 12.9. The van der Waals surface area contributed by atoms with E-state index in [1.54, 1.807) is 62.4 Å². The molecular formula is C35H31ClF2N4O6. The van der Waals surface area contributed by atoms with Gasteiger partial charge in [0.05, 0.1) is 41.7 Å². The van der Waals surface area contributed by atoms with Crippen LogP contribution in [0.15, 0.2) is 72.9 Å². The van der Waals surface area contributed by atoms with E-state index in [1.807, 2.05) is 10.9 Å². The van der Waals surface area contributed by atoms with E-state index in [0.29, 0.717) is 34.0 Å². The highest BCUT2D eigenvalue weighted by atomic mass is 35.5. The van der Waals surface area contributed by atoms with E-state index in [9.17, 15) is 23.8 Å². The van der Waals surface area contributed by atoms with Gasteiger partial charge >= 0.3 is 6.29 Å². The van der Waals surface area contributed by atoms with E-state index in [1.165, 1.54) is 25.3 Å². The molecule has 3 N–H and O–H groups in total. The standard InChI is InChI=1S/C35H31ClF2N4O6/c1-33(2,44)22-15-25(24-11-12-26-31(29(24)36)48-35(37,38)47-26)40-28(16-22)34(45,21-7-5-4-6-8-21)18-39-32(43)19-13-20-17-42(23-9-10-23)41-30(20)27(14-19)46-3/h4-8,11-17,23,44-45H,9-10,18H2,1-3H3,(H,39,43)/t34-/m1/s1. The van der Waals surface area contributed by atoms with Crippen LogP contribution in [0.1, 0.15) is 59.9 Å². The van der Waals surface area contributed by atoms with Crippen LogP contribution in [0.4, 0.5) is 8.78 Å². The molecule has 3 aromatic carbocycles. The Labute approximate surface area is 278 Å². The first-order chi connectivity index (χ1) is 22.8. The number of aliphatic hydroxyl groups is 2. The SMILES string of the molecule is COc1cc(C(=O)NC[C@@](O)(c2ccccc2)c2cc(C(C)(C)O)cc(-c3ccc4c(c3Cl)OC(F)(F)O4)n2)cc2cn(C3CC3)nc12. The summed E-state index contributed by atoms with van der Waals surface area (Å²) in [5.74, 6) is -0.650. The van der Waals surface area contributed by atoms with E-state index in [4.69, 9.17) is 21.3 Å². The zero-order chi connectivity index (χ0) is 34.0. The minimum atomic E-state index is -3.89. The van der Waals surface area contributed by atoms with Crippen molar-refractivity contribution in [1.82, 2.24) is 20.1 Å². The highest BCUT2D eigenvalue weighted by Gasteiger charge is 2.45. The number of rotatable bonds is 9. The number of benzene rings is 3. The molecular weight excluding hydrogens is 646 g/mol. The van der Waals surface area contributed by atoms with Crippen LogP contribution in [0, 0.1) is 0 Å². The number of carbonyl (C=O) groups is 1. The molecule has 2 aromatic heterocycles. The van der Waals surface area contributed by atoms with Crippen molar-refractivity contribution in [3.63, 3.8) is 0 Å². The van der Waals surface area contributed by atoms with Gasteiger partial charge in [-0.05, 0) is 74.2 Å². The number of nitrogens with zero attached hydrogens (tertiary/aromatic N) is 3. The molecule has 1 amide bonds. The number of pyridine rings is 1. The third kappa shape index (κ3) is 5.80. The number of methoxy groups -OCH3 is 1. The van der Waals surface area contributed by atoms with Crippen molar-refractivity contribution in [3.8, 4) is 28.5 Å². The summed E-state index contributed by atoms with van der Waals surface area (Å²) >= 11 is 6.55. The molecule has 3 heterocycles. The van der Waals surface area contributed by atoms with Crippen LogP contribution in [0.3, 0.4) is 0 Å². The second-order valence-electron chi connectivity index (χ2n) is 12.5. The third-order valence-corrected chi connectivity index (χ3v) is 8.87. The first kappa shape index (κ1) is 31.8. The Hall–Kier alpha value is -4.78. The summed E-state index contributed by atoms with van der Waals surface area (Å²) in [6, 6.07) is 18.0. The van der Waals surface area contributed by atoms with Crippen molar-refractivity contribution in [3.05, 3.63) is 100 Å². The average Bonchev–Trinajstić information content (AvgIpc) is 3.73. The van der Waals surface area contributed by atoms with Crippen LogP contribution in [-0.4, -0.2) is 50.8 Å². The minimum Gasteiger partial charge on any atom is -0.494 e. The molecule has 1 fully saturated rings. The normalized spacial score (nSPS) is 16.5. The fourth-order valence-corrected chi connectivity index (χ4v) is 6.00. The molecule has 0 spiro atoms. The molecule has 1 aliphatic heterocycles. The molecule has 2 aliphatic rings. The number of hydrogen-bond donors (Lipinski definition) is 3. The fraction of sp³-hybridized carbons (Fsp3) is 0.286. The Morgan fingerprint density at radius 3 is 2.52 bits per heavy atom. The predicted molar refractivity (Wildman–Crippen MR) is 172 cm³/mol. The summed E-state index contributed by atoms with van der Waals surface area (Å²) in [5.41, 5.74) is -1.29. The van der Waals surface area contributed by atoms with Gasteiger partial charge in [0.2, 0.25) is 0 Å². The summed E-state index contributed by atoms with van der Waals surface area (Å²) in [6.45, 7) is 2.77. The highest BCUT2D eigenvalue weighted by molar-refractivity contribution is 6.35. The molecule has 0 unspecified atom stereocenters. The zero-order valence-corrected chi connectivity index (χ0v) is 26.9. The Kier molecular flexibility index (Phi) is 7.57. The Balaban J connectivity index is 1.29. The van der Waals surface area contributed by atoms with Crippen LogP contribution in [0.2, 0.25) is 5.02 Å². The van der Waals surface area contributed by atoms with E-state index in [2.05, 4.69) is 19.9 Å². The maximum absolute atomic E-state index is 13.9. The number of amides is 1. The molecule has 1 aliphatic carbocycles. The van der Waals surface area contributed by atoms with E-state index in [-0.39, 0.29) is 40.0 Å². The number of hydrogen-bond acceptors (Lipinski definition) is 8. The lowest BCUT2D eigenvalue weighted by atomic mass is 9.86. The maximum atomic E-state index is 13.9. The van der Waals surface area contributed by atoms with Crippen molar-refractivity contribution >= 4 is 28.4 Å². The highest BCUT2D eigenvalue weighted by Crippen LogP contribution is 2.49. The third-order valence-electron chi connectivity index (χ3n) is 8.49. The molecule has 1 saturated carbocycles. The lowest BCUT2D eigenvalue weighted by Gasteiger charge is -2.31. The molecule has 1 atom stereocenters. The average molecular weight is 677 g/mol. The molecule has 0 radical (unpaired) electrons. The first-order valence-electron chi connectivity index (χ1n) is 15.2. The molecule has 10 nitrogen and oxygen atoms in total. The van der Waals surface area contributed by atoms with Crippen molar-refractivity contribution in [2.45, 2.75) is 50.2 Å². The zero-order valence-electron chi connectivity index (χ0n) is 26.1. The number of carbonyl (C=O) groups excluding carboxylic acids is 1. The topological polar surface area (TPSA) is 128 Å². The number of ether oxygens (including phenoxy) is 3. The molecule has 5 aromatic rings. The van der Waals surface area contributed by atoms with Crippen LogP contribution in [0.25, 0.3) is 22.2 Å². The van der Waals surface area contributed by atoms with Gasteiger partial charge in [0.1, 0.15) is 16.9 Å². The van der Waals surface area contributed by atoms with Gasteiger partial charge in [0, 0.05) is 22.7 Å². The quantitative estimate of drug-likeness (QED) is 0.166. The number of fused-ring (bicyclic) bond motifs is 2. The number of aromatic nitrogens is 3. The number of halogens is 3. The van der Waals surface area contributed by atoms with Gasteiger partial charge in [0.15, 0.2) is 11.5 Å². The number of alkyl halides is 2.